The molecule has 5 nitrogen and oxygen atoms in total. The molecule has 1 aromatic carbocycles. The smallest absolute Gasteiger partial charge is 0.225 e. The number of carbonyl (C=O) groups excluding carboxylic acids is 1. The molecule has 1 aromatic heterocycles. The predicted octanol–water partition coefficient (Wildman–Crippen LogP) is 2.60. The van der Waals surface area contributed by atoms with Crippen LogP contribution in [0, 0.1) is 11.7 Å². The summed E-state index contributed by atoms with van der Waals surface area (Å²) in [5.74, 6) is 1.13. The van der Waals surface area contributed by atoms with Gasteiger partial charge in [-0.3, -0.25) is 4.79 Å². The largest absolute Gasteiger partial charge is 0.363 e. The van der Waals surface area contributed by atoms with Crippen LogP contribution in [0.4, 0.5) is 4.39 Å². The molecular weight excluding hydrogens is 321 g/mol. The van der Waals surface area contributed by atoms with Gasteiger partial charge in [0, 0.05) is 18.0 Å². The number of ether oxygens (including phenoxy) is 1. The summed E-state index contributed by atoms with van der Waals surface area (Å²) in [4.78, 5) is 18.8. The molecule has 1 atom stereocenters. The van der Waals surface area contributed by atoms with Crippen LogP contribution in [0.1, 0.15) is 25.1 Å². The van der Waals surface area contributed by atoms with Gasteiger partial charge in [0.1, 0.15) is 23.8 Å². The van der Waals surface area contributed by atoms with Gasteiger partial charge in [0.2, 0.25) is 5.91 Å². The van der Waals surface area contributed by atoms with E-state index in [1.165, 1.54) is 12.1 Å². The number of fused-ring (bicyclic) bond motifs is 1. The second-order valence-corrected chi connectivity index (χ2v) is 7.41. The topological polar surface area (TPSA) is 47.4 Å². The number of halogens is 1. The minimum atomic E-state index is -0.347. The van der Waals surface area contributed by atoms with Gasteiger partial charge in [0.15, 0.2) is 0 Å². The maximum Gasteiger partial charge on any atom is 0.225 e. The molecule has 0 N–H and O–H groups in total. The van der Waals surface area contributed by atoms with Crippen molar-refractivity contribution in [3.8, 4) is 11.3 Å². The van der Waals surface area contributed by atoms with Crippen LogP contribution in [0.5, 0.6) is 0 Å². The SMILES string of the molecule is O=C(C1CC1)N1CCC2(C1)Cn1c(-c3cccc(F)c3)cnc1CO2. The molecule has 1 aliphatic carbocycles. The lowest BCUT2D eigenvalue weighted by Gasteiger charge is -2.35. The van der Waals surface area contributed by atoms with E-state index in [0.717, 1.165) is 42.9 Å². The molecule has 3 aliphatic rings. The molecule has 1 unspecified atom stereocenters. The van der Waals surface area contributed by atoms with Gasteiger partial charge in [-0.05, 0) is 31.4 Å². The molecule has 5 rings (SSSR count). The molecular formula is C19H20FN3O2. The lowest BCUT2D eigenvalue weighted by atomic mass is 10.0. The Morgan fingerprint density at radius 2 is 2.20 bits per heavy atom. The zero-order valence-electron chi connectivity index (χ0n) is 13.9. The van der Waals surface area contributed by atoms with E-state index in [1.54, 1.807) is 12.3 Å². The van der Waals surface area contributed by atoms with Crippen molar-refractivity contribution in [2.24, 2.45) is 5.92 Å². The van der Waals surface area contributed by atoms with Crippen molar-refractivity contribution in [1.29, 1.82) is 0 Å². The van der Waals surface area contributed by atoms with Gasteiger partial charge >= 0.3 is 0 Å². The Hall–Kier alpha value is -2.21. The second-order valence-electron chi connectivity index (χ2n) is 7.41. The number of rotatable bonds is 2. The summed E-state index contributed by atoms with van der Waals surface area (Å²) in [5.41, 5.74) is 1.38. The summed E-state index contributed by atoms with van der Waals surface area (Å²) in [7, 11) is 0. The Bertz CT molecular complexity index is 845. The summed E-state index contributed by atoms with van der Waals surface area (Å²) >= 11 is 0. The zero-order valence-corrected chi connectivity index (χ0v) is 13.9. The Labute approximate surface area is 145 Å². The summed E-state index contributed by atoms with van der Waals surface area (Å²) in [6, 6.07) is 6.59. The monoisotopic (exact) mass is 341 g/mol. The van der Waals surface area contributed by atoms with Crippen molar-refractivity contribution in [2.75, 3.05) is 13.1 Å². The number of imidazole rings is 1. The van der Waals surface area contributed by atoms with Crippen LogP contribution in [0.2, 0.25) is 0 Å². The third-order valence-corrected chi connectivity index (χ3v) is 5.57. The Balaban J connectivity index is 1.43. The van der Waals surface area contributed by atoms with Crippen LogP contribution >= 0.6 is 0 Å². The highest BCUT2D eigenvalue weighted by Gasteiger charge is 2.46. The maximum atomic E-state index is 13.6. The van der Waals surface area contributed by atoms with Gasteiger partial charge < -0.3 is 14.2 Å². The number of hydrogen-bond donors (Lipinski definition) is 0. The Morgan fingerprint density at radius 1 is 1.32 bits per heavy atom. The highest BCUT2D eigenvalue weighted by Crippen LogP contribution is 2.38. The van der Waals surface area contributed by atoms with Crippen LogP contribution in [0.3, 0.4) is 0 Å². The van der Waals surface area contributed by atoms with E-state index in [4.69, 9.17) is 4.74 Å². The third-order valence-electron chi connectivity index (χ3n) is 5.57. The molecule has 1 spiro atoms. The minimum Gasteiger partial charge on any atom is -0.363 e. The number of benzene rings is 1. The van der Waals surface area contributed by atoms with Crippen LogP contribution in [-0.2, 0) is 22.7 Å². The van der Waals surface area contributed by atoms with E-state index >= 15 is 0 Å². The Morgan fingerprint density at radius 3 is 3.00 bits per heavy atom. The first-order valence-corrected chi connectivity index (χ1v) is 8.87. The summed E-state index contributed by atoms with van der Waals surface area (Å²) in [5, 5.41) is 0. The molecule has 6 heteroatoms. The van der Waals surface area contributed by atoms with Crippen LogP contribution in [-0.4, -0.2) is 39.0 Å². The van der Waals surface area contributed by atoms with Crippen molar-refractivity contribution < 1.29 is 13.9 Å². The van der Waals surface area contributed by atoms with Crippen molar-refractivity contribution in [1.82, 2.24) is 14.5 Å². The summed E-state index contributed by atoms with van der Waals surface area (Å²) in [6.45, 7) is 2.49. The van der Waals surface area contributed by atoms with Crippen LogP contribution < -0.4 is 0 Å². The van der Waals surface area contributed by atoms with Gasteiger partial charge in [-0.2, -0.15) is 0 Å². The van der Waals surface area contributed by atoms with E-state index in [-0.39, 0.29) is 23.2 Å². The average molecular weight is 341 g/mol. The highest BCUT2D eigenvalue weighted by molar-refractivity contribution is 5.81. The fourth-order valence-corrected chi connectivity index (χ4v) is 4.00. The molecule has 130 valence electrons. The summed E-state index contributed by atoms with van der Waals surface area (Å²) in [6.07, 6.45) is 4.68. The first kappa shape index (κ1) is 15.1. The second kappa shape index (κ2) is 5.39. The normalized spacial score (nSPS) is 25.4. The fourth-order valence-electron chi connectivity index (χ4n) is 4.00. The minimum absolute atomic E-state index is 0.241. The van der Waals surface area contributed by atoms with Gasteiger partial charge in [-0.15, -0.1) is 0 Å². The van der Waals surface area contributed by atoms with Crippen LogP contribution in [0.25, 0.3) is 11.3 Å². The molecule has 2 aliphatic heterocycles. The molecule has 25 heavy (non-hydrogen) atoms. The van der Waals surface area contributed by atoms with E-state index in [1.807, 2.05) is 11.0 Å². The number of likely N-dealkylation sites (tertiary alicyclic amines) is 1. The highest BCUT2D eigenvalue weighted by atomic mass is 19.1. The average Bonchev–Trinajstić information content (AvgIpc) is 3.26. The molecule has 1 saturated heterocycles. The van der Waals surface area contributed by atoms with Crippen molar-refractivity contribution in [2.45, 2.75) is 38.0 Å². The molecule has 3 heterocycles. The number of nitrogens with zero attached hydrogens (tertiary/aromatic N) is 3. The molecule has 1 saturated carbocycles. The third kappa shape index (κ3) is 2.56. The molecule has 0 radical (unpaired) electrons. The number of aromatic nitrogens is 2. The number of hydrogen-bond acceptors (Lipinski definition) is 3. The molecule has 2 aromatic rings. The summed E-state index contributed by atoms with van der Waals surface area (Å²) < 4.78 is 21.9. The first-order valence-electron chi connectivity index (χ1n) is 8.87. The van der Waals surface area contributed by atoms with E-state index in [2.05, 4.69) is 9.55 Å². The maximum absolute atomic E-state index is 13.6. The first-order chi connectivity index (χ1) is 12.1. The van der Waals surface area contributed by atoms with E-state index in [0.29, 0.717) is 19.7 Å². The standard InChI is InChI=1S/C19H20FN3O2/c20-15-3-1-2-14(8-15)16-9-21-17-10-25-19(12-23(16)17)6-7-22(11-19)18(24)13-4-5-13/h1-3,8-9,13H,4-7,10-12H2. The van der Waals surface area contributed by atoms with Crippen molar-refractivity contribution in [3.05, 3.63) is 42.1 Å². The lowest BCUT2D eigenvalue weighted by molar-refractivity contribution is -0.134. The number of carbonyl (C=O) groups is 1. The van der Waals surface area contributed by atoms with Gasteiger partial charge in [-0.1, -0.05) is 12.1 Å². The fraction of sp³-hybridized carbons (Fsp3) is 0.474. The van der Waals surface area contributed by atoms with E-state index < -0.39 is 0 Å². The quantitative estimate of drug-likeness (QED) is 0.844. The van der Waals surface area contributed by atoms with Gasteiger partial charge in [-0.25, -0.2) is 9.37 Å². The Kier molecular flexibility index (Phi) is 3.25. The molecule has 0 bridgehead atoms. The lowest BCUT2D eigenvalue weighted by Crippen LogP contribution is -2.45. The molecule has 1 amide bonds. The van der Waals surface area contributed by atoms with Crippen molar-refractivity contribution in [3.63, 3.8) is 0 Å². The van der Waals surface area contributed by atoms with Gasteiger partial charge in [0.25, 0.3) is 0 Å². The predicted molar refractivity (Wildman–Crippen MR) is 89.1 cm³/mol. The van der Waals surface area contributed by atoms with Crippen molar-refractivity contribution >= 4 is 5.91 Å². The van der Waals surface area contributed by atoms with Crippen LogP contribution in [0.15, 0.2) is 30.5 Å². The number of amides is 1. The van der Waals surface area contributed by atoms with E-state index in [9.17, 15) is 9.18 Å². The molecule has 2 fully saturated rings. The van der Waals surface area contributed by atoms with Gasteiger partial charge in [0.05, 0.1) is 25.0 Å². The zero-order chi connectivity index (χ0) is 17.0.